The molecule has 2 aromatic carbocycles. The molecule has 0 atom stereocenters. The van der Waals surface area contributed by atoms with E-state index in [0.29, 0.717) is 11.3 Å². The molecule has 0 radical (unpaired) electrons. The number of nitriles is 1. The highest BCUT2D eigenvalue weighted by Crippen LogP contribution is 2.33. The van der Waals surface area contributed by atoms with E-state index in [0.717, 1.165) is 42.7 Å². The maximum absolute atomic E-state index is 12.5. The van der Waals surface area contributed by atoms with Crippen molar-refractivity contribution >= 4 is 17.6 Å². The smallest absolute Gasteiger partial charge is 0.314 e. The topological polar surface area (TPSA) is 50.1 Å². The third-order valence-corrected chi connectivity index (χ3v) is 5.76. The van der Waals surface area contributed by atoms with Crippen LogP contribution in [-0.2, 0) is 4.79 Å². The van der Waals surface area contributed by atoms with E-state index in [-0.39, 0.29) is 11.9 Å². The van der Waals surface area contributed by atoms with E-state index < -0.39 is 0 Å². The van der Waals surface area contributed by atoms with Crippen LogP contribution >= 0.6 is 0 Å². The van der Waals surface area contributed by atoms with Crippen LogP contribution in [0.1, 0.15) is 63.0 Å². The molecule has 1 fully saturated rings. The molecule has 0 aliphatic heterocycles. The first-order chi connectivity index (χ1) is 14.2. The van der Waals surface area contributed by atoms with Crippen LogP contribution in [0.25, 0.3) is 11.6 Å². The van der Waals surface area contributed by atoms with Crippen molar-refractivity contribution < 1.29 is 9.53 Å². The van der Waals surface area contributed by atoms with Crippen molar-refractivity contribution in [1.29, 1.82) is 5.26 Å². The molecule has 0 unspecified atom stereocenters. The molecule has 0 heterocycles. The molecular weight excluding hydrogens is 358 g/mol. The highest BCUT2D eigenvalue weighted by atomic mass is 16.5. The van der Waals surface area contributed by atoms with Crippen molar-refractivity contribution in [1.82, 2.24) is 0 Å². The van der Waals surface area contributed by atoms with Gasteiger partial charge in [-0.3, -0.25) is 4.79 Å². The first-order valence-electron chi connectivity index (χ1n) is 10.7. The minimum absolute atomic E-state index is 0.0238. The molecule has 3 heteroatoms. The molecule has 29 heavy (non-hydrogen) atoms. The van der Waals surface area contributed by atoms with Crippen LogP contribution in [0.5, 0.6) is 5.75 Å². The Morgan fingerprint density at radius 2 is 1.76 bits per heavy atom. The summed E-state index contributed by atoms with van der Waals surface area (Å²) in [6.07, 6.45) is 9.83. The van der Waals surface area contributed by atoms with Gasteiger partial charge in [-0.25, -0.2) is 0 Å². The van der Waals surface area contributed by atoms with Gasteiger partial charge in [-0.05, 0) is 60.9 Å². The number of hydrogen-bond acceptors (Lipinski definition) is 3. The van der Waals surface area contributed by atoms with Gasteiger partial charge in [0.2, 0.25) is 0 Å². The molecule has 1 saturated carbocycles. The predicted octanol–water partition coefficient (Wildman–Crippen LogP) is 6.65. The third kappa shape index (κ3) is 6.06. The number of hydrogen-bond donors (Lipinski definition) is 0. The first kappa shape index (κ1) is 20.9. The quantitative estimate of drug-likeness (QED) is 0.231. The van der Waals surface area contributed by atoms with Gasteiger partial charge in [-0.1, -0.05) is 68.7 Å². The SMILES string of the molecule is CCCCC1CCC(C(=O)Oc2ccc(/C=C(/C#N)c3ccccc3)cc2)CC1. The second-order valence-corrected chi connectivity index (χ2v) is 7.89. The van der Waals surface area contributed by atoms with E-state index in [9.17, 15) is 10.1 Å². The highest BCUT2D eigenvalue weighted by Gasteiger charge is 2.27. The van der Waals surface area contributed by atoms with Gasteiger partial charge in [0, 0.05) is 0 Å². The molecule has 1 aliphatic carbocycles. The lowest BCUT2D eigenvalue weighted by molar-refractivity contribution is -0.140. The molecule has 2 aromatic rings. The van der Waals surface area contributed by atoms with Gasteiger partial charge in [0.05, 0.1) is 17.6 Å². The van der Waals surface area contributed by atoms with Gasteiger partial charge in [-0.15, -0.1) is 0 Å². The third-order valence-electron chi connectivity index (χ3n) is 5.76. The Hall–Kier alpha value is -2.86. The summed E-state index contributed by atoms with van der Waals surface area (Å²) in [5.41, 5.74) is 2.40. The van der Waals surface area contributed by atoms with Crippen molar-refractivity contribution in [3.05, 3.63) is 65.7 Å². The monoisotopic (exact) mass is 387 g/mol. The van der Waals surface area contributed by atoms with Gasteiger partial charge in [0.1, 0.15) is 5.75 Å². The number of esters is 1. The average Bonchev–Trinajstić information content (AvgIpc) is 2.78. The van der Waals surface area contributed by atoms with Crippen molar-refractivity contribution in [2.75, 3.05) is 0 Å². The summed E-state index contributed by atoms with van der Waals surface area (Å²) in [4.78, 5) is 12.5. The van der Waals surface area contributed by atoms with Crippen molar-refractivity contribution in [2.45, 2.75) is 51.9 Å². The van der Waals surface area contributed by atoms with Crippen LogP contribution in [0.4, 0.5) is 0 Å². The number of carbonyl (C=O) groups is 1. The standard InChI is InChI=1S/C26H29NO2/c1-2-3-7-20-10-14-23(15-11-20)26(28)29-25-16-12-21(13-17-25)18-24(19-27)22-8-5-4-6-9-22/h4-6,8-9,12-13,16-18,20,23H,2-3,7,10-11,14-15H2,1H3/b24-18-. The molecule has 0 aromatic heterocycles. The summed E-state index contributed by atoms with van der Waals surface area (Å²) >= 11 is 0. The number of carbonyl (C=O) groups excluding carboxylic acids is 1. The molecule has 0 spiro atoms. The molecule has 0 bridgehead atoms. The van der Waals surface area contributed by atoms with Gasteiger partial charge in [0.15, 0.2) is 0 Å². The minimum Gasteiger partial charge on any atom is -0.426 e. The summed E-state index contributed by atoms with van der Waals surface area (Å²) in [5, 5.41) is 9.44. The first-order valence-corrected chi connectivity index (χ1v) is 10.7. The molecule has 3 rings (SSSR count). The molecule has 1 aliphatic rings. The fraction of sp³-hybridized carbons (Fsp3) is 0.385. The van der Waals surface area contributed by atoms with Gasteiger partial charge in [0.25, 0.3) is 0 Å². The molecule has 3 nitrogen and oxygen atoms in total. The van der Waals surface area contributed by atoms with Crippen LogP contribution in [-0.4, -0.2) is 5.97 Å². The Bertz CT molecular complexity index is 854. The molecule has 0 N–H and O–H groups in total. The predicted molar refractivity (Wildman–Crippen MR) is 117 cm³/mol. The fourth-order valence-electron chi connectivity index (χ4n) is 3.98. The van der Waals surface area contributed by atoms with E-state index >= 15 is 0 Å². The Balaban J connectivity index is 1.56. The molecule has 0 amide bonds. The largest absolute Gasteiger partial charge is 0.426 e. The number of rotatable bonds is 7. The van der Waals surface area contributed by atoms with Crippen LogP contribution in [0.2, 0.25) is 0 Å². The minimum atomic E-state index is -0.107. The number of ether oxygens (including phenoxy) is 1. The van der Waals surface area contributed by atoms with Crippen molar-refractivity contribution in [3.63, 3.8) is 0 Å². The second kappa shape index (κ2) is 10.6. The van der Waals surface area contributed by atoms with Gasteiger partial charge >= 0.3 is 5.97 Å². The van der Waals surface area contributed by atoms with Crippen molar-refractivity contribution in [3.8, 4) is 11.8 Å². The molecule has 150 valence electrons. The number of nitrogens with zero attached hydrogens (tertiary/aromatic N) is 1. The lowest BCUT2D eigenvalue weighted by Gasteiger charge is -2.27. The maximum atomic E-state index is 12.5. The highest BCUT2D eigenvalue weighted by molar-refractivity contribution is 5.89. The Labute approximate surface area is 174 Å². The summed E-state index contributed by atoms with van der Waals surface area (Å²) in [5.74, 6) is 1.27. The zero-order chi connectivity index (χ0) is 20.5. The lowest BCUT2D eigenvalue weighted by Crippen LogP contribution is -2.25. The zero-order valence-electron chi connectivity index (χ0n) is 17.1. The van der Waals surface area contributed by atoms with Crippen LogP contribution in [0.15, 0.2) is 54.6 Å². The van der Waals surface area contributed by atoms with E-state index in [4.69, 9.17) is 4.74 Å². The Kier molecular flexibility index (Phi) is 7.64. The van der Waals surface area contributed by atoms with Crippen molar-refractivity contribution in [2.24, 2.45) is 11.8 Å². The summed E-state index contributed by atoms with van der Waals surface area (Å²) in [7, 11) is 0. The number of unbranched alkanes of at least 4 members (excludes halogenated alkanes) is 1. The van der Waals surface area contributed by atoms with Gasteiger partial charge < -0.3 is 4.74 Å². The van der Waals surface area contributed by atoms with E-state index in [2.05, 4.69) is 13.0 Å². The Morgan fingerprint density at radius 3 is 2.38 bits per heavy atom. The second-order valence-electron chi connectivity index (χ2n) is 7.89. The van der Waals surface area contributed by atoms with Crippen LogP contribution in [0.3, 0.4) is 0 Å². The zero-order valence-corrected chi connectivity index (χ0v) is 17.1. The number of allylic oxidation sites excluding steroid dienone is 1. The number of benzene rings is 2. The van der Waals surface area contributed by atoms with Crippen LogP contribution in [0, 0.1) is 23.2 Å². The fourth-order valence-corrected chi connectivity index (χ4v) is 3.98. The molecule has 0 saturated heterocycles. The molecular formula is C26H29NO2. The van der Waals surface area contributed by atoms with E-state index in [1.54, 1.807) is 12.1 Å². The van der Waals surface area contributed by atoms with E-state index in [1.165, 1.54) is 19.3 Å². The lowest BCUT2D eigenvalue weighted by atomic mass is 9.80. The summed E-state index contributed by atoms with van der Waals surface area (Å²) in [6.45, 7) is 2.23. The summed E-state index contributed by atoms with van der Waals surface area (Å²) < 4.78 is 5.62. The summed E-state index contributed by atoms with van der Waals surface area (Å²) in [6, 6.07) is 19.2. The average molecular weight is 388 g/mol. The van der Waals surface area contributed by atoms with Gasteiger partial charge in [-0.2, -0.15) is 5.26 Å². The maximum Gasteiger partial charge on any atom is 0.314 e. The van der Waals surface area contributed by atoms with E-state index in [1.807, 2.05) is 48.5 Å². The normalized spacial score (nSPS) is 19.4. The Morgan fingerprint density at radius 1 is 1.07 bits per heavy atom. The van der Waals surface area contributed by atoms with Crippen LogP contribution < -0.4 is 4.74 Å².